The summed E-state index contributed by atoms with van der Waals surface area (Å²) in [5.41, 5.74) is 0.0647. The molecule has 2 aliphatic rings. The number of aliphatic hydroxyl groups excluding tert-OH is 4. The van der Waals surface area contributed by atoms with Gasteiger partial charge in [-0.3, -0.25) is 14.5 Å². The summed E-state index contributed by atoms with van der Waals surface area (Å²) >= 11 is 0. The molecule has 1 unspecified atom stereocenters. The van der Waals surface area contributed by atoms with Crippen LogP contribution in [0.25, 0.3) is 0 Å². The van der Waals surface area contributed by atoms with Crippen LogP contribution < -0.4 is 0 Å². The largest absolute Gasteiger partial charge is 0.464 e. The first-order valence-corrected chi connectivity index (χ1v) is 14.5. The molecule has 0 amide bonds. The smallest absolute Gasteiger partial charge is 0.305 e. The van der Waals surface area contributed by atoms with Crippen LogP contribution in [0.5, 0.6) is 0 Å². The van der Waals surface area contributed by atoms with E-state index >= 15 is 0 Å². The topological polar surface area (TPSA) is 128 Å². The van der Waals surface area contributed by atoms with Crippen molar-refractivity contribution in [2.75, 3.05) is 39.5 Å². The molecule has 0 aromatic carbocycles. The van der Waals surface area contributed by atoms with E-state index in [1.54, 1.807) is 0 Å². The van der Waals surface area contributed by atoms with Gasteiger partial charge in [0.15, 0.2) is 0 Å². The molecule has 0 bridgehead atoms. The van der Waals surface area contributed by atoms with E-state index in [0.29, 0.717) is 32.5 Å². The molecule has 0 aromatic heterocycles. The van der Waals surface area contributed by atoms with Crippen molar-refractivity contribution >= 4 is 11.8 Å². The number of hydrogen-bond donors (Lipinski definition) is 4. The van der Waals surface area contributed by atoms with Crippen LogP contribution in [0.3, 0.4) is 0 Å². The van der Waals surface area contributed by atoms with Gasteiger partial charge in [-0.15, -0.1) is 0 Å². The first-order valence-electron chi connectivity index (χ1n) is 14.5. The highest BCUT2D eigenvalue weighted by atomic mass is 16.5. The van der Waals surface area contributed by atoms with Crippen LogP contribution in [0, 0.1) is 17.3 Å². The molecule has 2 aliphatic carbocycles. The summed E-state index contributed by atoms with van der Waals surface area (Å²) in [6, 6.07) is 0. The van der Waals surface area contributed by atoms with Crippen LogP contribution in [0.4, 0.5) is 0 Å². The fourth-order valence-electron chi connectivity index (χ4n) is 6.05. The molecule has 0 saturated heterocycles. The Morgan fingerprint density at radius 1 is 1.14 bits per heavy atom. The van der Waals surface area contributed by atoms with Crippen molar-refractivity contribution in [1.29, 1.82) is 0 Å². The number of rotatable bonds is 20. The summed E-state index contributed by atoms with van der Waals surface area (Å²) in [6.45, 7) is 3.78. The number of ketones is 1. The molecule has 2 rings (SSSR count). The van der Waals surface area contributed by atoms with E-state index in [2.05, 4.69) is 6.92 Å². The minimum atomic E-state index is -0.639. The third-order valence-electron chi connectivity index (χ3n) is 8.40. The second kappa shape index (κ2) is 17.3. The first kappa shape index (κ1) is 31.9. The van der Waals surface area contributed by atoms with Gasteiger partial charge < -0.3 is 25.2 Å². The Bertz CT molecular complexity index is 688. The molecule has 8 nitrogen and oxygen atoms in total. The van der Waals surface area contributed by atoms with Gasteiger partial charge in [0.05, 0.1) is 25.4 Å². The van der Waals surface area contributed by atoms with Gasteiger partial charge in [-0.25, -0.2) is 0 Å². The zero-order valence-corrected chi connectivity index (χ0v) is 22.9. The molecular formula is C29H51NO7. The molecule has 0 spiro atoms. The lowest BCUT2D eigenvalue weighted by atomic mass is 9.62. The van der Waals surface area contributed by atoms with Crippen LogP contribution >= 0.6 is 0 Å². The van der Waals surface area contributed by atoms with Crippen molar-refractivity contribution in [2.45, 2.75) is 103 Å². The van der Waals surface area contributed by atoms with Crippen molar-refractivity contribution in [3.8, 4) is 0 Å². The number of ether oxygens (including phenoxy) is 1. The number of carbonyl (C=O) groups is 2. The van der Waals surface area contributed by atoms with Crippen LogP contribution in [0.1, 0.15) is 90.4 Å². The maximum atomic E-state index is 12.5. The molecule has 2 saturated carbocycles. The highest BCUT2D eigenvalue weighted by Gasteiger charge is 2.42. The summed E-state index contributed by atoms with van der Waals surface area (Å²) in [4.78, 5) is 26.3. The average molecular weight is 526 g/mol. The monoisotopic (exact) mass is 525 g/mol. The molecule has 8 heteroatoms. The molecule has 0 aliphatic heterocycles. The van der Waals surface area contributed by atoms with Crippen molar-refractivity contribution in [1.82, 2.24) is 4.90 Å². The zero-order chi connectivity index (χ0) is 27.1. The lowest BCUT2D eigenvalue weighted by Crippen LogP contribution is -2.41. The van der Waals surface area contributed by atoms with E-state index in [-0.39, 0.29) is 61.3 Å². The number of aliphatic hydroxyl groups is 4. The Labute approximate surface area is 223 Å². The van der Waals surface area contributed by atoms with Crippen molar-refractivity contribution < 1.29 is 34.8 Å². The highest BCUT2D eigenvalue weighted by molar-refractivity contribution is 5.84. The molecule has 214 valence electrons. The highest BCUT2D eigenvalue weighted by Crippen LogP contribution is 2.48. The number of carbonyl (C=O) groups excluding carboxylic acids is 2. The zero-order valence-electron chi connectivity index (χ0n) is 22.9. The fraction of sp³-hybridized carbons (Fsp3) is 0.862. The molecule has 0 aromatic rings. The van der Waals surface area contributed by atoms with Gasteiger partial charge in [0.2, 0.25) is 0 Å². The quantitative estimate of drug-likeness (QED) is 0.109. The van der Waals surface area contributed by atoms with E-state index in [0.717, 1.165) is 57.8 Å². The van der Waals surface area contributed by atoms with Gasteiger partial charge in [-0.2, -0.15) is 0 Å². The number of esters is 1. The predicted molar refractivity (Wildman–Crippen MR) is 143 cm³/mol. The Morgan fingerprint density at radius 2 is 1.84 bits per heavy atom. The number of Topliss-reactive ketones (excluding diaryl/α,β-unsaturated/α-hetero) is 1. The third kappa shape index (κ3) is 10.4. The van der Waals surface area contributed by atoms with Gasteiger partial charge in [0.25, 0.3) is 0 Å². The van der Waals surface area contributed by atoms with Gasteiger partial charge in [-0.1, -0.05) is 51.2 Å². The standard InChI is InChI=1S/C29H51NO7/c1-2-13-29(14-8-15-29)27(35)11-7-10-24-23(25(33)22-26(24)34)9-5-3-4-6-12-28(36)37-21-18-30(16-19-31)17-20-32/h7,10,23-24,26-27,31-32,34-35H,2-6,8-9,11-22H2,1H3/b10-7+/t23-,24-,26-,27?/m1/s1. The second-order valence-electron chi connectivity index (χ2n) is 11.0. The van der Waals surface area contributed by atoms with Crippen LogP contribution in [0.2, 0.25) is 0 Å². The summed E-state index contributed by atoms with van der Waals surface area (Å²) in [6.07, 6.45) is 13.8. The molecule has 0 heterocycles. The van der Waals surface area contributed by atoms with Crippen LogP contribution in [-0.2, 0) is 14.3 Å². The minimum absolute atomic E-state index is 0.000796. The number of hydrogen-bond acceptors (Lipinski definition) is 8. The lowest BCUT2D eigenvalue weighted by molar-refractivity contribution is -0.144. The molecule has 37 heavy (non-hydrogen) atoms. The second-order valence-corrected chi connectivity index (χ2v) is 11.0. The predicted octanol–water partition coefficient (Wildman–Crippen LogP) is 3.00. The molecule has 2 fully saturated rings. The van der Waals surface area contributed by atoms with Crippen LogP contribution in [-0.4, -0.2) is 88.7 Å². The SMILES string of the molecule is CCCC1(C(O)C/C=C/[C@H]2[C@H](O)CC(=O)[C@@H]2CCCCCCC(=O)OCCN(CCO)CCO)CCC1. The Kier molecular flexibility index (Phi) is 14.9. The van der Waals surface area contributed by atoms with Crippen molar-refractivity contribution in [3.05, 3.63) is 12.2 Å². The maximum Gasteiger partial charge on any atom is 0.305 e. The van der Waals surface area contributed by atoms with Crippen molar-refractivity contribution in [2.24, 2.45) is 17.3 Å². The summed E-state index contributed by atoms with van der Waals surface area (Å²) in [5, 5.41) is 39.2. The summed E-state index contributed by atoms with van der Waals surface area (Å²) in [5.74, 6) is -0.446. The van der Waals surface area contributed by atoms with E-state index in [9.17, 15) is 19.8 Å². The molecule has 0 radical (unpaired) electrons. The Morgan fingerprint density at radius 3 is 2.46 bits per heavy atom. The van der Waals surface area contributed by atoms with E-state index < -0.39 is 6.10 Å². The summed E-state index contributed by atoms with van der Waals surface area (Å²) in [7, 11) is 0. The first-order chi connectivity index (χ1) is 17.9. The van der Waals surface area contributed by atoms with Gasteiger partial charge in [0.1, 0.15) is 12.4 Å². The fourth-order valence-corrected chi connectivity index (χ4v) is 6.05. The van der Waals surface area contributed by atoms with E-state index in [4.69, 9.17) is 14.9 Å². The minimum Gasteiger partial charge on any atom is -0.464 e. The maximum absolute atomic E-state index is 12.5. The van der Waals surface area contributed by atoms with Crippen LogP contribution in [0.15, 0.2) is 12.2 Å². The molecule has 4 N–H and O–H groups in total. The van der Waals surface area contributed by atoms with E-state index in [1.807, 2.05) is 17.1 Å². The number of unbranched alkanes of at least 4 members (excludes halogenated alkanes) is 3. The molecule has 4 atom stereocenters. The van der Waals surface area contributed by atoms with Gasteiger partial charge in [0, 0.05) is 44.3 Å². The van der Waals surface area contributed by atoms with Crippen molar-refractivity contribution in [3.63, 3.8) is 0 Å². The van der Waals surface area contributed by atoms with Gasteiger partial charge in [-0.05, 0) is 43.9 Å². The Hall–Kier alpha value is -1.32. The van der Waals surface area contributed by atoms with Gasteiger partial charge >= 0.3 is 5.97 Å². The number of nitrogens with zero attached hydrogens (tertiary/aromatic N) is 1. The third-order valence-corrected chi connectivity index (χ3v) is 8.40. The summed E-state index contributed by atoms with van der Waals surface area (Å²) < 4.78 is 5.25. The normalized spacial score (nSPS) is 24.1. The molecular weight excluding hydrogens is 474 g/mol. The van der Waals surface area contributed by atoms with E-state index in [1.165, 1.54) is 6.42 Å². The Balaban J connectivity index is 1.63. The average Bonchev–Trinajstić information content (AvgIpc) is 3.10. The lowest BCUT2D eigenvalue weighted by Gasteiger charge is -2.45.